The number of hydrogen-bond acceptors (Lipinski definition) is 6. The van der Waals surface area contributed by atoms with Crippen molar-refractivity contribution in [3.63, 3.8) is 0 Å². The van der Waals surface area contributed by atoms with E-state index < -0.39 is 0 Å². The summed E-state index contributed by atoms with van der Waals surface area (Å²) in [6.07, 6.45) is 3.56. The lowest BCUT2D eigenvalue weighted by Crippen LogP contribution is -2.30. The predicted molar refractivity (Wildman–Crippen MR) is 123 cm³/mol. The van der Waals surface area contributed by atoms with Crippen molar-refractivity contribution in [3.05, 3.63) is 94.0 Å². The number of ether oxygens (including phenoxy) is 1. The molecule has 0 spiro atoms. The highest BCUT2D eigenvalue weighted by atomic mass is 35.5. The number of benzene rings is 2. The number of para-hydroxylation sites is 2. The second kappa shape index (κ2) is 9.72. The Balaban J connectivity index is 1.69. The van der Waals surface area contributed by atoms with Crippen molar-refractivity contribution in [2.75, 3.05) is 11.9 Å². The Morgan fingerprint density at radius 1 is 1.03 bits per heavy atom. The number of hydrogen-bond donors (Lipinski definition) is 1. The zero-order chi connectivity index (χ0) is 21.6. The van der Waals surface area contributed by atoms with E-state index in [0.717, 1.165) is 5.56 Å². The van der Waals surface area contributed by atoms with Crippen LogP contribution in [0.15, 0.2) is 83.0 Å². The maximum atomic E-state index is 13.3. The zero-order valence-corrected chi connectivity index (χ0v) is 18.3. The van der Waals surface area contributed by atoms with Crippen molar-refractivity contribution in [1.82, 2.24) is 19.5 Å². The molecule has 0 aliphatic heterocycles. The van der Waals surface area contributed by atoms with E-state index in [2.05, 4.69) is 15.5 Å². The van der Waals surface area contributed by atoms with Gasteiger partial charge in [0.25, 0.3) is 0 Å². The molecule has 0 aliphatic rings. The largest absolute Gasteiger partial charge is 0.492 e. The quantitative estimate of drug-likeness (QED) is 0.385. The number of rotatable bonds is 8. The van der Waals surface area contributed by atoms with E-state index in [0.29, 0.717) is 34.0 Å². The van der Waals surface area contributed by atoms with Crippen LogP contribution in [0.3, 0.4) is 0 Å². The number of anilines is 2. The van der Waals surface area contributed by atoms with Crippen molar-refractivity contribution in [2.24, 2.45) is 0 Å². The lowest BCUT2D eigenvalue weighted by atomic mass is 10.2. The number of aromatic nitrogens is 4. The van der Waals surface area contributed by atoms with Gasteiger partial charge in [-0.1, -0.05) is 53.7 Å². The van der Waals surface area contributed by atoms with Crippen molar-refractivity contribution in [1.29, 1.82) is 0 Å². The molecule has 31 heavy (non-hydrogen) atoms. The Morgan fingerprint density at radius 2 is 1.77 bits per heavy atom. The third-order valence-corrected chi connectivity index (χ3v) is 5.72. The summed E-state index contributed by atoms with van der Waals surface area (Å²) in [4.78, 5) is 13.3. The van der Waals surface area contributed by atoms with E-state index in [-0.39, 0.29) is 11.4 Å². The fraction of sp³-hybridized carbons (Fsp3) is 0.136. The molecule has 0 amide bonds. The van der Waals surface area contributed by atoms with E-state index in [1.807, 2.05) is 67.6 Å². The molecule has 0 radical (unpaired) electrons. The highest BCUT2D eigenvalue weighted by molar-refractivity contribution is 7.98. The van der Waals surface area contributed by atoms with Crippen molar-refractivity contribution in [2.45, 2.75) is 17.8 Å². The summed E-state index contributed by atoms with van der Waals surface area (Å²) < 4.78 is 8.78. The number of nitrogens with zero attached hydrogens (tertiary/aromatic N) is 4. The number of halogens is 1. The molecular weight excluding hydrogens is 434 g/mol. The van der Waals surface area contributed by atoms with E-state index in [1.54, 1.807) is 17.1 Å². The second-order valence-corrected chi connectivity index (χ2v) is 7.80. The van der Waals surface area contributed by atoms with Gasteiger partial charge in [0.2, 0.25) is 11.0 Å². The summed E-state index contributed by atoms with van der Waals surface area (Å²) in [5.41, 5.74) is 1.26. The van der Waals surface area contributed by atoms with Crippen LogP contribution in [0.4, 0.5) is 11.5 Å². The van der Waals surface area contributed by atoms with Gasteiger partial charge in [-0.3, -0.25) is 9.47 Å². The molecule has 0 aliphatic carbocycles. The highest BCUT2D eigenvalue weighted by Gasteiger charge is 2.16. The Bertz CT molecular complexity index is 1230. The first-order valence-electron chi connectivity index (χ1n) is 9.65. The summed E-state index contributed by atoms with van der Waals surface area (Å²) in [6.45, 7) is 2.41. The first kappa shape index (κ1) is 21.0. The van der Waals surface area contributed by atoms with E-state index in [4.69, 9.17) is 16.3 Å². The van der Waals surface area contributed by atoms with E-state index in [9.17, 15) is 4.79 Å². The maximum absolute atomic E-state index is 13.3. The van der Waals surface area contributed by atoms with Crippen LogP contribution in [0.1, 0.15) is 12.5 Å². The Morgan fingerprint density at radius 3 is 2.55 bits per heavy atom. The molecule has 0 unspecified atom stereocenters. The fourth-order valence-corrected chi connectivity index (χ4v) is 4.15. The molecule has 0 bridgehead atoms. The summed E-state index contributed by atoms with van der Waals surface area (Å²) >= 11 is 7.66. The molecule has 4 aromatic rings. The number of thioether (sulfide) groups is 1. The highest BCUT2D eigenvalue weighted by Crippen LogP contribution is 2.27. The lowest BCUT2D eigenvalue weighted by molar-refractivity contribution is 0.342. The third kappa shape index (κ3) is 4.76. The van der Waals surface area contributed by atoms with Crippen LogP contribution in [0, 0.1) is 0 Å². The van der Waals surface area contributed by atoms with Gasteiger partial charge in [-0.2, -0.15) is 4.68 Å². The summed E-state index contributed by atoms with van der Waals surface area (Å²) in [5, 5.41) is 12.7. The maximum Gasteiger partial charge on any atom is 0.316 e. The SMILES string of the molecule is CCOc1ccccc1Nc1nnc(SCc2ccccc2Cl)n(-n2cccc2)c1=O. The minimum Gasteiger partial charge on any atom is -0.492 e. The van der Waals surface area contributed by atoms with Crippen LogP contribution >= 0.6 is 23.4 Å². The average molecular weight is 454 g/mol. The van der Waals surface area contributed by atoms with Gasteiger partial charge in [-0.25, -0.2) is 0 Å². The molecule has 0 fully saturated rings. The first-order valence-corrected chi connectivity index (χ1v) is 11.0. The molecule has 1 N–H and O–H groups in total. The minimum absolute atomic E-state index is 0.1000. The van der Waals surface area contributed by atoms with Crippen molar-refractivity contribution < 1.29 is 4.74 Å². The topological polar surface area (TPSA) is 74.0 Å². The summed E-state index contributed by atoms with van der Waals surface area (Å²) in [6, 6.07) is 18.7. The Labute approximate surface area is 188 Å². The van der Waals surface area contributed by atoms with Gasteiger partial charge in [0.15, 0.2) is 0 Å². The van der Waals surface area contributed by atoms with Gasteiger partial charge in [-0.15, -0.1) is 10.2 Å². The average Bonchev–Trinajstić information content (AvgIpc) is 3.31. The zero-order valence-electron chi connectivity index (χ0n) is 16.7. The lowest BCUT2D eigenvalue weighted by Gasteiger charge is -2.15. The summed E-state index contributed by atoms with van der Waals surface area (Å²) in [5.74, 6) is 1.29. The van der Waals surface area contributed by atoms with Crippen molar-refractivity contribution in [3.8, 4) is 5.75 Å². The molecule has 9 heteroatoms. The van der Waals surface area contributed by atoms with Gasteiger partial charge in [0.05, 0.1) is 12.3 Å². The van der Waals surface area contributed by atoms with Gasteiger partial charge in [0, 0.05) is 23.2 Å². The Kier molecular flexibility index (Phi) is 6.59. The second-order valence-electron chi connectivity index (χ2n) is 6.45. The molecular formula is C22H20ClN5O2S. The Hall–Kier alpha value is -3.23. The first-order chi connectivity index (χ1) is 15.2. The number of nitrogens with one attached hydrogen (secondary N) is 1. The van der Waals surface area contributed by atoms with Crippen LogP contribution in [0.2, 0.25) is 5.02 Å². The fourth-order valence-electron chi connectivity index (χ4n) is 2.93. The van der Waals surface area contributed by atoms with E-state index >= 15 is 0 Å². The van der Waals surface area contributed by atoms with Gasteiger partial charge >= 0.3 is 5.56 Å². The summed E-state index contributed by atoms with van der Waals surface area (Å²) in [7, 11) is 0. The standard InChI is InChI=1S/C22H20ClN5O2S/c1-2-30-19-12-6-5-11-18(19)24-20-21(29)28(27-13-7-8-14-27)22(26-25-20)31-15-16-9-3-4-10-17(16)23/h3-14H,2,15H2,1H3,(H,24,25). The molecule has 2 aromatic heterocycles. The van der Waals surface area contributed by atoms with Crippen LogP contribution in [0.25, 0.3) is 0 Å². The van der Waals surface area contributed by atoms with Gasteiger partial charge in [0.1, 0.15) is 5.75 Å². The van der Waals surface area contributed by atoms with Crippen LogP contribution < -0.4 is 15.6 Å². The molecule has 158 valence electrons. The monoisotopic (exact) mass is 453 g/mol. The molecule has 0 saturated heterocycles. The van der Waals surface area contributed by atoms with Gasteiger partial charge in [-0.05, 0) is 42.8 Å². The molecule has 2 aromatic carbocycles. The third-order valence-electron chi connectivity index (χ3n) is 4.39. The van der Waals surface area contributed by atoms with Crippen LogP contribution in [-0.4, -0.2) is 26.2 Å². The molecule has 7 nitrogen and oxygen atoms in total. The van der Waals surface area contributed by atoms with E-state index in [1.165, 1.54) is 16.4 Å². The minimum atomic E-state index is -0.334. The predicted octanol–water partition coefficient (Wildman–Crippen LogP) is 4.84. The molecule has 4 rings (SSSR count). The molecule has 2 heterocycles. The van der Waals surface area contributed by atoms with Crippen LogP contribution in [-0.2, 0) is 5.75 Å². The smallest absolute Gasteiger partial charge is 0.316 e. The molecule has 0 saturated carbocycles. The van der Waals surface area contributed by atoms with Crippen molar-refractivity contribution >= 4 is 34.9 Å². The molecule has 0 atom stereocenters. The van der Waals surface area contributed by atoms with Crippen LogP contribution in [0.5, 0.6) is 5.75 Å². The van der Waals surface area contributed by atoms with Gasteiger partial charge < -0.3 is 10.1 Å². The normalized spacial score (nSPS) is 10.8.